The van der Waals surface area contributed by atoms with Gasteiger partial charge in [0, 0.05) is 23.7 Å². The summed E-state index contributed by atoms with van der Waals surface area (Å²) in [6.07, 6.45) is 1.24. The summed E-state index contributed by atoms with van der Waals surface area (Å²) in [6, 6.07) is 6.71. The van der Waals surface area contributed by atoms with E-state index in [9.17, 15) is 9.59 Å². The van der Waals surface area contributed by atoms with E-state index in [0.717, 1.165) is 11.3 Å². The number of benzene rings is 1. The third-order valence-corrected chi connectivity index (χ3v) is 4.53. The molecule has 1 aromatic carbocycles. The number of aryl methyl sites for hydroxylation is 1. The van der Waals surface area contributed by atoms with Crippen LogP contribution < -0.4 is 5.32 Å². The molecule has 22 heavy (non-hydrogen) atoms. The van der Waals surface area contributed by atoms with E-state index < -0.39 is 6.04 Å². The number of hydrogen-bond donors (Lipinski definition) is 1. The Morgan fingerprint density at radius 1 is 1.55 bits per heavy atom. The minimum Gasteiger partial charge on any atom is -0.325 e. The lowest BCUT2D eigenvalue weighted by Gasteiger charge is -2.33. The number of carbonyl (C=O) groups excluding carboxylic acids is 2. The lowest BCUT2D eigenvalue weighted by molar-refractivity contribution is -0.133. The number of thioether (sulfide) groups is 1. The Bertz CT molecular complexity index is 651. The topological polar surface area (TPSA) is 73.2 Å². The van der Waals surface area contributed by atoms with Crippen LogP contribution in [0.2, 0.25) is 0 Å². The summed E-state index contributed by atoms with van der Waals surface area (Å²) < 4.78 is 0. The second-order valence-electron chi connectivity index (χ2n) is 4.96. The first-order valence-corrected chi connectivity index (χ1v) is 8.04. The van der Waals surface area contributed by atoms with E-state index in [2.05, 4.69) is 18.0 Å². The molecular formula is C16H17N3O2S. The van der Waals surface area contributed by atoms with Crippen LogP contribution in [0.3, 0.4) is 0 Å². The van der Waals surface area contributed by atoms with Crippen LogP contribution in [0.4, 0.5) is 5.69 Å². The van der Waals surface area contributed by atoms with E-state index in [1.54, 1.807) is 34.9 Å². The lowest BCUT2D eigenvalue weighted by atomic mass is 10.1. The summed E-state index contributed by atoms with van der Waals surface area (Å²) >= 11 is 1.65. The zero-order chi connectivity index (χ0) is 16.1. The second-order valence-corrected chi connectivity index (χ2v) is 6.11. The molecule has 0 bridgehead atoms. The van der Waals surface area contributed by atoms with E-state index in [1.807, 2.05) is 6.92 Å². The van der Waals surface area contributed by atoms with Gasteiger partial charge in [-0.05, 0) is 36.8 Å². The molecule has 1 aromatic rings. The van der Waals surface area contributed by atoms with Crippen molar-refractivity contribution in [3.05, 3.63) is 42.0 Å². The average Bonchev–Trinajstić information content (AvgIpc) is 2.54. The molecule has 5 nitrogen and oxygen atoms in total. The Morgan fingerprint density at radius 2 is 2.32 bits per heavy atom. The van der Waals surface area contributed by atoms with E-state index in [0.29, 0.717) is 23.5 Å². The summed E-state index contributed by atoms with van der Waals surface area (Å²) in [7, 11) is 0. The Balaban J connectivity index is 2.13. The molecule has 114 valence electrons. The van der Waals surface area contributed by atoms with E-state index in [4.69, 9.17) is 5.26 Å². The number of nitriles is 1. The molecular weight excluding hydrogens is 298 g/mol. The number of amides is 2. The fourth-order valence-electron chi connectivity index (χ4n) is 2.29. The van der Waals surface area contributed by atoms with Crippen molar-refractivity contribution in [2.24, 2.45) is 0 Å². The molecule has 1 atom stereocenters. The molecule has 1 heterocycles. The maximum atomic E-state index is 12.4. The molecule has 0 aliphatic carbocycles. The fraction of sp³-hybridized carbons (Fsp3) is 0.312. The number of nitrogens with zero attached hydrogens (tertiary/aromatic N) is 2. The summed E-state index contributed by atoms with van der Waals surface area (Å²) in [5.41, 5.74) is 2.01. The van der Waals surface area contributed by atoms with Crippen molar-refractivity contribution >= 4 is 29.3 Å². The summed E-state index contributed by atoms with van der Waals surface area (Å²) in [4.78, 5) is 25.9. The highest BCUT2D eigenvalue weighted by Crippen LogP contribution is 2.20. The van der Waals surface area contributed by atoms with Crippen LogP contribution >= 0.6 is 11.8 Å². The zero-order valence-electron chi connectivity index (χ0n) is 12.3. The predicted molar refractivity (Wildman–Crippen MR) is 87.5 cm³/mol. The van der Waals surface area contributed by atoms with Crippen molar-refractivity contribution < 1.29 is 9.59 Å². The van der Waals surface area contributed by atoms with Gasteiger partial charge in [-0.25, -0.2) is 0 Å². The summed E-state index contributed by atoms with van der Waals surface area (Å²) in [5, 5.41) is 11.7. The lowest BCUT2D eigenvalue weighted by Crippen LogP contribution is -2.51. The van der Waals surface area contributed by atoms with Crippen LogP contribution in [0.25, 0.3) is 0 Å². The molecule has 0 saturated carbocycles. The van der Waals surface area contributed by atoms with E-state index in [1.165, 1.54) is 6.08 Å². The van der Waals surface area contributed by atoms with Crippen molar-refractivity contribution in [3.8, 4) is 6.07 Å². The minimum absolute atomic E-state index is 0.216. The number of hydrogen-bond acceptors (Lipinski definition) is 4. The quantitative estimate of drug-likeness (QED) is 0.865. The van der Waals surface area contributed by atoms with Gasteiger partial charge < -0.3 is 10.2 Å². The molecule has 1 saturated heterocycles. The zero-order valence-corrected chi connectivity index (χ0v) is 13.2. The molecule has 2 rings (SSSR count). The number of rotatable bonds is 3. The highest BCUT2D eigenvalue weighted by atomic mass is 32.2. The fourth-order valence-corrected chi connectivity index (χ4v) is 3.34. The second kappa shape index (κ2) is 7.14. The van der Waals surface area contributed by atoms with Gasteiger partial charge in [0.05, 0.1) is 11.6 Å². The smallest absolute Gasteiger partial charge is 0.248 e. The molecule has 1 fully saturated rings. The first-order chi connectivity index (χ1) is 10.6. The predicted octanol–water partition coefficient (Wildman–Crippen LogP) is 1.94. The minimum atomic E-state index is -0.500. The Morgan fingerprint density at radius 3 is 2.95 bits per heavy atom. The Hall–Kier alpha value is -2.26. The first kappa shape index (κ1) is 16.1. The van der Waals surface area contributed by atoms with Crippen molar-refractivity contribution in [3.63, 3.8) is 0 Å². The summed E-state index contributed by atoms with van der Waals surface area (Å²) in [6.45, 7) is 5.84. The monoisotopic (exact) mass is 315 g/mol. The van der Waals surface area contributed by atoms with Gasteiger partial charge in [-0.15, -0.1) is 0 Å². The van der Waals surface area contributed by atoms with Gasteiger partial charge in [-0.1, -0.05) is 6.58 Å². The van der Waals surface area contributed by atoms with Gasteiger partial charge >= 0.3 is 0 Å². The standard InChI is InChI=1S/C16H17N3O2S/c1-3-15(20)19-6-7-22-10-14(19)16(21)18-13-5-4-12(9-17)11(2)8-13/h3-5,8,14H,1,6-7,10H2,2H3,(H,18,21). The maximum Gasteiger partial charge on any atom is 0.248 e. The van der Waals surface area contributed by atoms with Gasteiger partial charge in [-0.2, -0.15) is 17.0 Å². The number of nitrogens with one attached hydrogen (secondary N) is 1. The highest BCUT2D eigenvalue weighted by Gasteiger charge is 2.31. The van der Waals surface area contributed by atoms with Crippen LogP contribution in [-0.2, 0) is 9.59 Å². The van der Waals surface area contributed by atoms with Crippen molar-refractivity contribution in [2.75, 3.05) is 23.4 Å². The van der Waals surface area contributed by atoms with E-state index >= 15 is 0 Å². The van der Waals surface area contributed by atoms with Crippen molar-refractivity contribution in [1.82, 2.24) is 4.90 Å². The molecule has 0 aromatic heterocycles. The Kier molecular flexibility index (Phi) is 5.23. The molecule has 2 amide bonds. The Labute approximate surface area is 134 Å². The molecule has 0 radical (unpaired) electrons. The van der Waals surface area contributed by atoms with E-state index in [-0.39, 0.29) is 11.8 Å². The van der Waals surface area contributed by atoms with Crippen LogP contribution in [0.1, 0.15) is 11.1 Å². The summed E-state index contributed by atoms with van der Waals surface area (Å²) in [5.74, 6) is 0.947. The van der Waals surface area contributed by atoms with Gasteiger partial charge in [0.15, 0.2) is 0 Å². The molecule has 6 heteroatoms. The molecule has 1 unspecified atom stereocenters. The number of carbonyl (C=O) groups is 2. The molecule has 1 aliphatic rings. The van der Waals surface area contributed by atoms with Gasteiger partial charge in [-0.3, -0.25) is 9.59 Å². The van der Waals surface area contributed by atoms with Crippen LogP contribution in [-0.4, -0.2) is 40.8 Å². The third kappa shape index (κ3) is 3.49. The normalized spacial score (nSPS) is 17.5. The average molecular weight is 315 g/mol. The third-order valence-electron chi connectivity index (χ3n) is 3.50. The van der Waals surface area contributed by atoms with Crippen LogP contribution in [0.5, 0.6) is 0 Å². The molecule has 1 aliphatic heterocycles. The van der Waals surface area contributed by atoms with Gasteiger partial charge in [0.2, 0.25) is 11.8 Å². The van der Waals surface area contributed by atoms with Crippen LogP contribution in [0.15, 0.2) is 30.9 Å². The molecule has 1 N–H and O–H groups in total. The van der Waals surface area contributed by atoms with Crippen LogP contribution in [0, 0.1) is 18.3 Å². The van der Waals surface area contributed by atoms with Crippen molar-refractivity contribution in [2.45, 2.75) is 13.0 Å². The van der Waals surface area contributed by atoms with Crippen molar-refractivity contribution in [1.29, 1.82) is 5.26 Å². The number of anilines is 1. The SMILES string of the molecule is C=CC(=O)N1CCSCC1C(=O)Nc1ccc(C#N)c(C)c1. The first-order valence-electron chi connectivity index (χ1n) is 6.89. The van der Waals surface area contributed by atoms with Gasteiger partial charge in [0.1, 0.15) is 6.04 Å². The maximum absolute atomic E-state index is 12.4. The largest absolute Gasteiger partial charge is 0.325 e. The highest BCUT2D eigenvalue weighted by molar-refractivity contribution is 7.99. The molecule has 0 spiro atoms. The van der Waals surface area contributed by atoms with Gasteiger partial charge in [0.25, 0.3) is 0 Å².